The van der Waals surface area contributed by atoms with Gasteiger partial charge < -0.3 is 15.0 Å². The number of rotatable bonds is 4. The van der Waals surface area contributed by atoms with E-state index in [4.69, 9.17) is 16.3 Å². The van der Waals surface area contributed by atoms with Crippen LogP contribution in [-0.4, -0.2) is 42.0 Å². The molecular weight excluding hydrogens is 383 g/mol. The number of nitrogens with one attached hydrogen (secondary N) is 1. The Morgan fingerprint density at radius 3 is 2.68 bits per heavy atom. The van der Waals surface area contributed by atoms with E-state index in [1.807, 2.05) is 6.07 Å². The van der Waals surface area contributed by atoms with Crippen molar-refractivity contribution >= 4 is 28.9 Å². The van der Waals surface area contributed by atoms with Gasteiger partial charge in [0.25, 0.3) is 5.91 Å². The van der Waals surface area contributed by atoms with Crippen molar-refractivity contribution in [2.75, 3.05) is 36.5 Å². The predicted molar refractivity (Wildman–Crippen MR) is 106 cm³/mol. The van der Waals surface area contributed by atoms with E-state index in [1.54, 1.807) is 42.6 Å². The molecule has 1 aromatic heterocycles. The number of carbonyl (C=O) groups excluding carboxylic acids is 1. The number of hydrogen-bond donors (Lipinski definition) is 1. The van der Waals surface area contributed by atoms with Gasteiger partial charge in [0.15, 0.2) is 5.69 Å². The van der Waals surface area contributed by atoms with Crippen LogP contribution in [0.1, 0.15) is 10.5 Å². The maximum Gasteiger partial charge on any atom is 0.276 e. The van der Waals surface area contributed by atoms with Crippen LogP contribution in [0, 0.1) is 5.82 Å². The Labute approximate surface area is 166 Å². The van der Waals surface area contributed by atoms with Crippen molar-refractivity contribution in [3.63, 3.8) is 0 Å². The van der Waals surface area contributed by atoms with Gasteiger partial charge in [0.2, 0.25) is 0 Å². The fourth-order valence-corrected chi connectivity index (χ4v) is 3.26. The second-order valence-corrected chi connectivity index (χ2v) is 6.75. The molecule has 1 aliphatic rings. The number of anilines is 2. The summed E-state index contributed by atoms with van der Waals surface area (Å²) in [6, 6.07) is 13.2. The minimum absolute atomic E-state index is 0.177. The Kier molecular flexibility index (Phi) is 5.27. The zero-order valence-corrected chi connectivity index (χ0v) is 15.7. The van der Waals surface area contributed by atoms with Crippen LogP contribution >= 0.6 is 11.6 Å². The standard InChI is InChI=1S/C20H18ClFN4O2/c21-14-5-6-19(25-9-11-28-12-10-25)17(13-14)23-20(27)16-7-8-26(24-16)18-4-2-1-3-15(18)22/h1-8,13H,9-12H2,(H,23,27). The van der Waals surface area contributed by atoms with Crippen LogP contribution in [0.15, 0.2) is 54.7 Å². The first kappa shape index (κ1) is 18.5. The maximum absolute atomic E-state index is 13.9. The lowest BCUT2D eigenvalue weighted by Gasteiger charge is -2.30. The first-order chi connectivity index (χ1) is 13.6. The number of ether oxygens (including phenoxy) is 1. The maximum atomic E-state index is 13.9. The predicted octanol–water partition coefficient (Wildman–Crippen LogP) is 3.75. The van der Waals surface area contributed by atoms with E-state index in [0.717, 1.165) is 18.8 Å². The van der Waals surface area contributed by atoms with Crippen LogP contribution in [0.5, 0.6) is 0 Å². The molecule has 0 spiro atoms. The zero-order chi connectivity index (χ0) is 19.5. The van der Waals surface area contributed by atoms with Crippen LogP contribution in [0.2, 0.25) is 5.02 Å². The number of amides is 1. The molecule has 0 atom stereocenters. The number of benzene rings is 2. The smallest absolute Gasteiger partial charge is 0.276 e. The van der Waals surface area contributed by atoms with Gasteiger partial charge in [0.1, 0.15) is 11.5 Å². The average Bonchev–Trinajstić information content (AvgIpc) is 3.19. The summed E-state index contributed by atoms with van der Waals surface area (Å²) in [6.07, 6.45) is 1.55. The van der Waals surface area contributed by atoms with E-state index in [9.17, 15) is 9.18 Å². The lowest BCUT2D eigenvalue weighted by Crippen LogP contribution is -2.36. The van der Waals surface area contributed by atoms with Gasteiger partial charge in [-0.15, -0.1) is 0 Å². The number of carbonyl (C=O) groups is 1. The van der Waals surface area contributed by atoms with Gasteiger partial charge in [-0.3, -0.25) is 4.79 Å². The summed E-state index contributed by atoms with van der Waals surface area (Å²) in [5, 5.41) is 7.59. The molecule has 1 amide bonds. The molecular formula is C20H18ClFN4O2. The van der Waals surface area contributed by atoms with Crippen molar-refractivity contribution in [2.24, 2.45) is 0 Å². The van der Waals surface area contributed by atoms with Crippen molar-refractivity contribution in [1.82, 2.24) is 9.78 Å². The molecule has 1 fully saturated rings. The van der Waals surface area contributed by atoms with E-state index < -0.39 is 11.7 Å². The van der Waals surface area contributed by atoms with Gasteiger partial charge in [0, 0.05) is 24.3 Å². The largest absolute Gasteiger partial charge is 0.378 e. The fraction of sp³-hybridized carbons (Fsp3) is 0.200. The minimum atomic E-state index is -0.415. The van der Waals surface area contributed by atoms with Crippen molar-refractivity contribution in [1.29, 1.82) is 0 Å². The van der Waals surface area contributed by atoms with Crippen LogP contribution in [0.4, 0.5) is 15.8 Å². The van der Waals surface area contributed by atoms with Gasteiger partial charge >= 0.3 is 0 Å². The highest BCUT2D eigenvalue weighted by atomic mass is 35.5. The Morgan fingerprint density at radius 2 is 1.89 bits per heavy atom. The third-order valence-electron chi connectivity index (χ3n) is 4.48. The second kappa shape index (κ2) is 8.00. The highest BCUT2D eigenvalue weighted by molar-refractivity contribution is 6.31. The van der Waals surface area contributed by atoms with E-state index in [1.165, 1.54) is 10.7 Å². The molecule has 1 aliphatic heterocycles. The van der Waals surface area contributed by atoms with Crippen LogP contribution in [-0.2, 0) is 4.74 Å². The summed E-state index contributed by atoms with van der Waals surface area (Å²) in [5.41, 5.74) is 1.92. The molecule has 0 saturated carbocycles. The third-order valence-corrected chi connectivity index (χ3v) is 4.71. The molecule has 0 unspecified atom stereocenters. The van der Waals surface area contributed by atoms with Crippen LogP contribution in [0.3, 0.4) is 0 Å². The van der Waals surface area contributed by atoms with Gasteiger partial charge in [-0.2, -0.15) is 5.10 Å². The second-order valence-electron chi connectivity index (χ2n) is 6.31. The molecule has 8 heteroatoms. The Hall–Kier alpha value is -2.90. The molecule has 0 aliphatic carbocycles. The summed E-state index contributed by atoms with van der Waals surface area (Å²) < 4.78 is 20.7. The third kappa shape index (κ3) is 3.85. The summed E-state index contributed by atoms with van der Waals surface area (Å²) in [7, 11) is 0. The average molecular weight is 401 g/mol. The van der Waals surface area contributed by atoms with Gasteiger partial charge in [-0.05, 0) is 36.4 Å². The number of halogens is 2. The molecule has 6 nitrogen and oxygen atoms in total. The quantitative estimate of drug-likeness (QED) is 0.724. The lowest BCUT2D eigenvalue weighted by atomic mass is 10.2. The van der Waals surface area contributed by atoms with E-state index in [-0.39, 0.29) is 11.4 Å². The Balaban J connectivity index is 1.57. The molecule has 2 heterocycles. The highest BCUT2D eigenvalue weighted by Gasteiger charge is 2.18. The fourth-order valence-electron chi connectivity index (χ4n) is 3.09. The number of aromatic nitrogens is 2. The van der Waals surface area contributed by atoms with Crippen molar-refractivity contribution in [3.05, 3.63) is 71.3 Å². The molecule has 0 bridgehead atoms. The summed E-state index contributed by atoms with van der Waals surface area (Å²) in [4.78, 5) is 14.9. The molecule has 3 aromatic rings. The molecule has 144 valence electrons. The van der Waals surface area contributed by atoms with Crippen LogP contribution < -0.4 is 10.2 Å². The van der Waals surface area contributed by atoms with E-state index in [2.05, 4.69) is 15.3 Å². The molecule has 0 radical (unpaired) electrons. The number of para-hydroxylation sites is 1. The minimum Gasteiger partial charge on any atom is -0.378 e. The van der Waals surface area contributed by atoms with Gasteiger partial charge in [0.05, 0.1) is 24.6 Å². The number of nitrogens with zero attached hydrogens (tertiary/aromatic N) is 3. The van der Waals surface area contributed by atoms with Crippen molar-refractivity contribution < 1.29 is 13.9 Å². The molecule has 1 N–H and O–H groups in total. The normalized spacial score (nSPS) is 14.1. The SMILES string of the molecule is O=C(Nc1cc(Cl)ccc1N1CCOCC1)c1ccn(-c2ccccc2F)n1. The molecule has 2 aromatic carbocycles. The van der Waals surface area contributed by atoms with Gasteiger partial charge in [-0.25, -0.2) is 9.07 Å². The lowest BCUT2D eigenvalue weighted by molar-refractivity contribution is 0.102. The monoisotopic (exact) mass is 400 g/mol. The Morgan fingerprint density at radius 1 is 1.11 bits per heavy atom. The first-order valence-electron chi connectivity index (χ1n) is 8.86. The van der Waals surface area contributed by atoms with E-state index in [0.29, 0.717) is 23.9 Å². The summed E-state index contributed by atoms with van der Waals surface area (Å²) >= 11 is 6.13. The van der Waals surface area contributed by atoms with E-state index >= 15 is 0 Å². The van der Waals surface area contributed by atoms with Crippen molar-refractivity contribution in [3.8, 4) is 5.69 Å². The topological polar surface area (TPSA) is 59.4 Å². The number of morpholine rings is 1. The van der Waals surface area contributed by atoms with Crippen molar-refractivity contribution in [2.45, 2.75) is 0 Å². The highest BCUT2D eigenvalue weighted by Crippen LogP contribution is 2.30. The molecule has 28 heavy (non-hydrogen) atoms. The summed E-state index contributed by atoms with van der Waals surface area (Å²) in [5.74, 6) is -0.811. The summed E-state index contributed by atoms with van der Waals surface area (Å²) in [6.45, 7) is 2.71. The zero-order valence-electron chi connectivity index (χ0n) is 14.9. The Bertz CT molecular complexity index is 1000. The molecule has 1 saturated heterocycles. The van der Waals surface area contributed by atoms with Crippen LogP contribution in [0.25, 0.3) is 5.69 Å². The number of hydrogen-bond acceptors (Lipinski definition) is 4. The first-order valence-corrected chi connectivity index (χ1v) is 9.24. The van der Waals surface area contributed by atoms with Gasteiger partial charge in [-0.1, -0.05) is 23.7 Å². The molecule has 4 rings (SSSR count).